The Morgan fingerprint density at radius 3 is 2.71 bits per heavy atom. The molecule has 0 saturated carbocycles. The number of amidine groups is 1. The molecule has 0 aliphatic carbocycles. The fraction of sp³-hybridized carbons (Fsp3) is 0.200. The molecule has 0 fully saturated rings. The van der Waals surface area contributed by atoms with E-state index in [9.17, 15) is 5.11 Å². The number of nitrogens with zero attached hydrogens (tertiary/aromatic N) is 2. The third-order valence-corrected chi connectivity index (χ3v) is 4.53. The highest BCUT2D eigenvalue weighted by Gasteiger charge is 2.31. The van der Waals surface area contributed by atoms with Gasteiger partial charge in [-0.1, -0.05) is 18.5 Å². The molecule has 4 nitrogen and oxygen atoms in total. The van der Waals surface area contributed by atoms with Crippen LogP contribution in [-0.2, 0) is 6.42 Å². The Kier molecular flexibility index (Phi) is 3.69. The van der Waals surface area contributed by atoms with Crippen molar-refractivity contribution in [2.75, 3.05) is 11.4 Å². The summed E-state index contributed by atoms with van der Waals surface area (Å²) in [7, 11) is 0. The maximum absolute atomic E-state index is 10.2. The van der Waals surface area contributed by atoms with Crippen LogP contribution in [0.1, 0.15) is 17.6 Å². The van der Waals surface area contributed by atoms with Crippen LogP contribution in [0.5, 0.6) is 0 Å². The van der Waals surface area contributed by atoms with Crippen LogP contribution in [0.25, 0.3) is 5.57 Å². The molecule has 1 aromatic heterocycles. The van der Waals surface area contributed by atoms with E-state index in [-0.39, 0.29) is 18.1 Å². The minimum absolute atomic E-state index is 0.187. The molecule has 0 amide bonds. The molecule has 0 radical (unpaired) electrons. The van der Waals surface area contributed by atoms with E-state index in [0.717, 1.165) is 17.8 Å². The molecule has 0 bridgehead atoms. The van der Waals surface area contributed by atoms with E-state index in [2.05, 4.69) is 4.98 Å². The lowest BCUT2D eigenvalue weighted by Gasteiger charge is -2.18. The zero-order valence-corrected chi connectivity index (χ0v) is 13.0. The van der Waals surface area contributed by atoms with E-state index in [1.807, 2.05) is 24.4 Å². The first kappa shape index (κ1) is 14.1. The molecule has 2 aromatic rings. The Morgan fingerprint density at radius 1 is 1.38 bits per heavy atom. The highest BCUT2D eigenvalue weighted by atomic mass is 35.5. The summed E-state index contributed by atoms with van der Waals surface area (Å²) >= 11 is 7.35. The Balaban J connectivity index is 1.92. The standard InChI is InChI=1S/C15H14ClN3OS/c1-2-10-8-21-15(18-10)13-12(20)7-19(14(13)17)11-5-3-9(16)4-6-11/h3-6,8,17,20H,2,7H2,1H3. The lowest BCUT2D eigenvalue weighted by Crippen LogP contribution is -2.25. The molecule has 0 unspecified atom stereocenters. The maximum Gasteiger partial charge on any atom is 0.139 e. The number of halogens is 1. The number of rotatable bonds is 3. The normalized spacial score (nSPS) is 15.1. The molecule has 1 aliphatic rings. The van der Waals surface area contributed by atoms with Gasteiger partial charge in [-0.05, 0) is 30.7 Å². The van der Waals surface area contributed by atoms with E-state index < -0.39 is 0 Å². The number of benzene rings is 1. The number of aromatic nitrogens is 1. The summed E-state index contributed by atoms with van der Waals surface area (Å²) in [6.07, 6.45) is 0.846. The summed E-state index contributed by atoms with van der Waals surface area (Å²) in [5, 5.41) is 21.9. The average Bonchev–Trinajstić information content (AvgIpc) is 3.04. The van der Waals surface area contributed by atoms with Gasteiger partial charge in [-0.3, -0.25) is 5.41 Å². The first-order chi connectivity index (χ1) is 10.1. The molecular weight excluding hydrogens is 306 g/mol. The highest BCUT2D eigenvalue weighted by Crippen LogP contribution is 2.32. The average molecular weight is 320 g/mol. The number of aliphatic hydroxyl groups is 1. The number of hydrogen-bond donors (Lipinski definition) is 2. The Bertz CT molecular complexity index is 721. The van der Waals surface area contributed by atoms with E-state index in [1.54, 1.807) is 17.0 Å². The SMILES string of the molecule is CCc1csc(C2=C(O)CN(c3ccc(Cl)cc3)C2=N)n1. The van der Waals surface area contributed by atoms with Crippen LogP contribution in [0, 0.1) is 5.41 Å². The van der Waals surface area contributed by atoms with Crippen LogP contribution in [0.15, 0.2) is 35.4 Å². The second kappa shape index (κ2) is 5.50. The monoisotopic (exact) mass is 319 g/mol. The second-order valence-electron chi connectivity index (χ2n) is 4.73. The maximum atomic E-state index is 10.2. The van der Waals surface area contributed by atoms with E-state index in [4.69, 9.17) is 17.0 Å². The molecule has 21 heavy (non-hydrogen) atoms. The summed E-state index contributed by atoms with van der Waals surface area (Å²) in [5.41, 5.74) is 2.33. The lowest BCUT2D eigenvalue weighted by molar-refractivity contribution is 0.411. The van der Waals surface area contributed by atoms with Crippen LogP contribution >= 0.6 is 22.9 Å². The van der Waals surface area contributed by atoms with Crippen molar-refractivity contribution in [1.29, 1.82) is 5.41 Å². The summed E-state index contributed by atoms with van der Waals surface area (Å²) in [6, 6.07) is 7.23. The van der Waals surface area contributed by atoms with Gasteiger partial charge in [0.25, 0.3) is 0 Å². The summed E-state index contributed by atoms with van der Waals surface area (Å²) in [4.78, 5) is 6.21. The minimum Gasteiger partial charge on any atom is -0.510 e. The van der Waals surface area contributed by atoms with Crippen molar-refractivity contribution in [3.05, 3.63) is 51.1 Å². The van der Waals surface area contributed by atoms with Gasteiger partial charge in [0.2, 0.25) is 0 Å². The van der Waals surface area contributed by atoms with Crippen molar-refractivity contribution < 1.29 is 5.11 Å². The number of anilines is 1. The van der Waals surface area contributed by atoms with Gasteiger partial charge in [0.1, 0.15) is 16.6 Å². The largest absolute Gasteiger partial charge is 0.510 e. The fourth-order valence-electron chi connectivity index (χ4n) is 2.23. The third-order valence-electron chi connectivity index (χ3n) is 3.37. The van der Waals surface area contributed by atoms with Gasteiger partial charge < -0.3 is 10.0 Å². The molecule has 0 saturated heterocycles. The zero-order chi connectivity index (χ0) is 15.0. The first-order valence-corrected chi connectivity index (χ1v) is 7.84. The first-order valence-electron chi connectivity index (χ1n) is 6.59. The topological polar surface area (TPSA) is 60.2 Å². The van der Waals surface area contributed by atoms with Crippen molar-refractivity contribution in [2.24, 2.45) is 0 Å². The molecule has 6 heteroatoms. The highest BCUT2D eigenvalue weighted by molar-refractivity contribution is 7.11. The number of aryl methyl sites for hydroxylation is 1. The van der Waals surface area contributed by atoms with Crippen LogP contribution in [0.2, 0.25) is 5.02 Å². The van der Waals surface area contributed by atoms with Gasteiger partial charge in [-0.15, -0.1) is 11.3 Å². The van der Waals surface area contributed by atoms with Crippen molar-refractivity contribution in [2.45, 2.75) is 13.3 Å². The molecule has 2 N–H and O–H groups in total. The van der Waals surface area contributed by atoms with Gasteiger partial charge in [-0.25, -0.2) is 4.98 Å². The number of aliphatic hydroxyl groups excluding tert-OH is 1. The number of nitrogens with one attached hydrogen (secondary N) is 1. The van der Waals surface area contributed by atoms with Crippen LogP contribution < -0.4 is 4.90 Å². The predicted molar refractivity (Wildman–Crippen MR) is 87.6 cm³/mol. The van der Waals surface area contributed by atoms with Gasteiger partial charge in [-0.2, -0.15) is 0 Å². The molecule has 3 rings (SSSR count). The smallest absolute Gasteiger partial charge is 0.139 e. The zero-order valence-electron chi connectivity index (χ0n) is 11.4. The Hall–Kier alpha value is -1.85. The molecule has 0 atom stereocenters. The van der Waals surface area contributed by atoms with Crippen LogP contribution in [0.3, 0.4) is 0 Å². The molecule has 1 aromatic carbocycles. The van der Waals surface area contributed by atoms with Crippen molar-refractivity contribution in [3.63, 3.8) is 0 Å². The third kappa shape index (κ3) is 2.54. The summed E-state index contributed by atoms with van der Waals surface area (Å²) < 4.78 is 0. The lowest BCUT2D eigenvalue weighted by atomic mass is 10.2. The summed E-state index contributed by atoms with van der Waals surface area (Å²) in [6.45, 7) is 2.32. The molecule has 108 valence electrons. The predicted octanol–water partition coefficient (Wildman–Crippen LogP) is 4.13. The molecular formula is C15H14ClN3OS. The molecule has 1 aliphatic heterocycles. The minimum atomic E-state index is 0.187. The van der Waals surface area contributed by atoms with E-state index in [1.165, 1.54) is 11.3 Å². The van der Waals surface area contributed by atoms with Crippen molar-refractivity contribution in [3.8, 4) is 0 Å². The van der Waals surface area contributed by atoms with Gasteiger partial charge in [0.15, 0.2) is 0 Å². The van der Waals surface area contributed by atoms with Gasteiger partial charge >= 0.3 is 0 Å². The van der Waals surface area contributed by atoms with Crippen molar-refractivity contribution >= 4 is 40.0 Å². The fourth-order valence-corrected chi connectivity index (χ4v) is 3.33. The van der Waals surface area contributed by atoms with Gasteiger partial charge in [0, 0.05) is 16.1 Å². The number of hydrogen-bond acceptors (Lipinski definition) is 4. The van der Waals surface area contributed by atoms with Gasteiger partial charge in [0.05, 0.1) is 17.8 Å². The molecule has 0 spiro atoms. The molecule has 2 heterocycles. The van der Waals surface area contributed by atoms with E-state index in [0.29, 0.717) is 15.6 Å². The van der Waals surface area contributed by atoms with Crippen molar-refractivity contribution in [1.82, 2.24) is 4.98 Å². The van der Waals surface area contributed by atoms with Crippen LogP contribution in [0.4, 0.5) is 5.69 Å². The summed E-state index contributed by atoms with van der Waals surface area (Å²) in [5.74, 6) is 0.457. The quantitative estimate of drug-likeness (QED) is 0.894. The second-order valence-corrected chi connectivity index (χ2v) is 6.02. The number of thiazole rings is 1. The Labute approximate surface area is 131 Å². The Morgan fingerprint density at radius 2 is 2.10 bits per heavy atom. The van der Waals surface area contributed by atoms with Crippen LogP contribution in [-0.4, -0.2) is 22.5 Å². The van der Waals surface area contributed by atoms with E-state index >= 15 is 0 Å².